The minimum absolute atomic E-state index is 0.178. The number of nitrogens with two attached hydrogens (primary N) is 1. The van der Waals surface area contributed by atoms with Crippen molar-refractivity contribution in [1.82, 2.24) is 9.29 Å². The van der Waals surface area contributed by atoms with Crippen molar-refractivity contribution in [3.63, 3.8) is 0 Å². The quantitative estimate of drug-likeness (QED) is 0.437. The molecule has 1 aromatic rings. The summed E-state index contributed by atoms with van der Waals surface area (Å²) < 4.78 is 101. The van der Waals surface area contributed by atoms with Crippen molar-refractivity contribution in [1.29, 1.82) is 0 Å². The topological polar surface area (TPSA) is 121 Å². The second-order valence-electron chi connectivity index (χ2n) is 6.16. The van der Waals surface area contributed by atoms with E-state index < -0.39 is 51.9 Å². The Kier molecular flexibility index (Phi) is 7.92. The van der Waals surface area contributed by atoms with Crippen molar-refractivity contribution in [2.24, 2.45) is 15.1 Å². The van der Waals surface area contributed by atoms with E-state index in [1.807, 2.05) is 0 Å². The van der Waals surface area contributed by atoms with Crippen LogP contribution in [-0.2, 0) is 20.2 Å². The molecule has 2 atom stereocenters. The third-order valence-corrected chi connectivity index (χ3v) is 6.55. The fourth-order valence-electron chi connectivity index (χ4n) is 2.19. The summed E-state index contributed by atoms with van der Waals surface area (Å²) in [5, 5.41) is 7.12. The average Bonchev–Trinajstić information content (AvgIpc) is 2.59. The van der Waals surface area contributed by atoms with E-state index in [9.17, 15) is 34.9 Å². The van der Waals surface area contributed by atoms with Gasteiger partial charge in [-0.3, -0.25) is 4.31 Å². The lowest BCUT2D eigenvalue weighted by Crippen LogP contribution is -2.51. The Labute approximate surface area is 179 Å². The number of nitrogens with zero attached hydrogens (tertiary/aromatic N) is 4. The van der Waals surface area contributed by atoms with E-state index in [0.717, 1.165) is 10.4 Å². The number of carbonyl (C=O) groups is 1. The molecule has 3 N–H and O–H groups in total. The predicted molar refractivity (Wildman–Crippen MR) is 98.7 cm³/mol. The molecule has 0 radical (unpaired) electrons. The number of rotatable bonds is 2. The van der Waals surface area contributed by atoms with Gasteiger partial charge >= 0.3 is 18.3 Å². The predicted octanol–water partition coefficient (Wildman–Crippen LogP) is 3.04. The molecule has 0 saturated heterocycles. The Balaban J connectivity index is 0.000000592. The Morgan fingerprint density at radius 1 is 1.35 bits per heavy atom. The Hall–Kier alpha value is -2.17. The van der Waals surface area contributed by atoms with Crippen LogP contribution >= 0.6 is 15.9 Å². The van der Waals surface area contributed by atoms with Gasteiger partial charge in [-0.1, -0.05) is 0 Å². The molecule has 0 amide bonds. The van der Waals surface area contributed by atoms with Crippen LogP contribution in [0.4, 0.5) is 30.7 Å². The summed E-state index contributed by atoms with van der Waals surface area (Å²) in [6.07, 6.45) is -9.70. The molecule has 1 aliphatic heterocycles. The first-order valence-electron chi connectivity index (χ1n) is 7.80. The third-order valence-electron chi connectivity index (χ3n) is 3.59. The van der Waals surface area contributed by atoms with Gasteiger partial charge in [-0.2, -0.15) is 26.3 Å². The van der Waals surface area contributed by atoms with Crippen LogP contribution in [0.25, 0.3) is 0 Å². The number of hydrogen-bond acceptors (Lipinski definition) is 6. The van der Waals surface area contributed by atoms with E-state index in [1.54, 1.807) is 0 Å². The van der Waals surface area contributed by atoms with Gasteiger partial charge in [-0.25, -0.2) is 27.7 Å². The molecule has 0 unspecified atom stereocenters. The second kappa shape index (κ2) is 9.13. The van der Waals surface area contributed by atoms with E-state index in [2.05, 4.69) is 30.3 Å². The molecule has 0 fully saturated rings. The fourth-order valence-corrected chi connectivity index (χ4v) is 4.57. The van der Waals surface area contributed by atoms with Crippen molar-refractivity contribution in [3.8, 4) is 0 Å². The Morgan fingerprint density at radius 3 is 2.32 bits per heavy atom. The summed E-state index contributed by atoms with van der Waals surface area (Å²) in [5.41, 5.74) is 3.99. The van der Waals surface area contributed by atoms with Crippen LogP contribution in [0, 0.1) is 5.82 Å². The summed E-state index contributed by atoms with van der Waals surface area (Å²) >= 11 is 3.09. The molecule has 0 bridgehead atoms. The number of aliphatic imine (C=N–C) groups is 1. The van der Waals surface area contributed by atoms with Gasteiger partial charge in [0.1, 0.15) is 38.1 Å². The number of carboxylic acids is 1. The molecule has 176 valence electrons. The summed E-state index contributed by atoms with van der Waals surface area (Å²) in [4.78, 5) is 17.0. The molecule has 31 heavy (non-hydrogen) atoms. The highest BCUT2D eigenvalue weighted by molar-refractivity contribution is 9.10. The first-order chi connectivity index (χ1) is 13.8. The normalized spacial score (nSPS) is 24.1. The third kappa shape index (κ3) is 7.19. The molecule has 1 aliphatic rings. The van der Waals surface area contributed by atoms with E-state index in [4.69, 9.17) is 15.6 Å². The van der Waals surface area contributed by atoms with Crippen molar-refractivity contribution in [2.45, 2.75) is 24.8 Å². The molecule has 0 aromatic carbocycles. The van der Waals surface area contributed by atoms with Crippen LogP contribution in [0.1, 0.15) is 12.6 Å². The smallest absolute Gasteiger partial charge is 0.475 e. The van der Waals surface area contributed by atoms with Crippen LogP contribution in [-0.4, -0.2) is 62.2 Å². The molecule has 2 rings (SSSR count). The maximum atomic E-state index is 14.1. The highest BCUT2D eigenvalue weighted by Crippen LogP contribution is 2.34. The largest absolute Gasteiger partial charge is 0.490 e. The highest BCUT2D eigenvalue weighted by atomic mass is 79.9. The Morgan fingerprint density at radius 2 is 1.87 bits per heavy atom. The zero-order valence-electron chi connectivity index (χ0n) is 15.6. The first kappa shape index (κ1) is 26.9. The van der Waals surface area contributed by atoms with Crippen LogP contribution in [0.2, 0.25) is 0 Å². The molecular formula is C14H15BrF7N5O3S. The minimum atomic E-state index is -5.08. The monoisotopic (exact) mass is 545 g/mol. The molecule has 17 heteroatoms. The molecular weight excluding hydrogens is 531 g/mol. The van der Waals surface area contributed by atoms with Gasteiger partial charge < -0.3 is 10.8 Å². The maximum Gasteiger partial charge on any atom is 0.490 e. The van der Waals surface area contributed by atoms with Crippen LogP contribution in [0.5, 0.6) is 0 Å². The SMILES string of the molecule is CN1C(N)=N[C@](C)(c2nc(Br)ccc2F)C[S@@]1(=O)=NCC(F)(F)F.O=C(O)C(F)(F)F. The number of halogens is 8. The van der Waals surface area contributed by atoms with Crippen molar-refractivity contribution in [3.05, 3.63) is 28.2 Å². The summed E-state index contributed by atoms with van der Waals surface area (Å²) in [6.45, 7) is -0.207. The number of aliphatic carboxylic acids is 1. The second-order valence-corrected chi connectivity index (χ2v) is 9.28. The van der Waals surface area contributed by atoms with Crippen molar-refractivity contribution in [2.75, 3.05) is 19.3 Å². The zero-order chi connectivity index (χ0) is 24.4. The highest BCUT2D eigenvalue weighted by Gasteiger charge is 2.42. The molecule has 0 spiro atoms. The van der Waals surface area contributed by atoms with Gasteiger partial charge in [0.2, 0.25) is 5.96 Å². The summed E-state index contributed by atoms with van der Waals surface area (Å²) in [7, 11) is -2.35. The number of aromatic nitrogens is 1. The zero-order valence-corrected chi connectivity index (χ0v) is 18.0. The first-order valence-corrected chi connectivity index (χ1v) is 10.2. The van der Waals surface area contributed by atoms with Gasteiger partial charge in [0.25, 0.3) is 0 Å². The minimum Gasteiger partial charge on any atom is -0.475 e. The molecule has 0 aliphatic carbocycles. The van der Waals surface area contributed by atoms with Crippen LogP contribution in [0.3, 0.4) is 0 Å². The van der Waals surface area contributed by atoms with E-state index in [0.29, 0.717) is 4.60 Å². The molecule has 1 aromatic heterocycles. The maximum absolute atomic E-state index is 14.1. The van der Waals surface area contributed by atoms with E-state index >= 15 is 0 Å². The van der Waals surface area contributed by atoms with Crippen molar-refractivity contribution < 1.29 is 44.8 Å². The lowest BCUT2D eigenvalue weighted by Gasteiger charge is -2.36. The van der Waals surface area contributed by atoms with E-state index in [-0.39, 0.29) is 11.7 Å². The molecule has 0 saturated carbocycles. The number of hydrogen-bond donors (Lipinski definition) is 2. The van der Waals surface area contributed by atoms with Gasteiger partial charge in [0.05, 0.1) is 5.75 Å². The van der Waals surface area contributed by atoms with Gasteiger partial charge in [0.15, 0.2) is 0 Å². The van der Waals surface area contributed by atoms with E-state index in [1.165, 1.54) is 20.0 Å². The molecule has 8 nitrogen and oxygen atoms in total. The molecule has 2 heterocycles. The van der Waals surface area contributed by atoms with Gasteiger partial charge in [-0.05, 0) is 35.0 Å². The standard InChI is InChI=1S/C12H14BrF4N5OS.C2HF3O2/c1-11(9-7(14)3-4-8(13)20-9)6-24(23,19-5-12(15,16)17)22(2)10(18)21-11;3-2(4,5)1(6)7/h3-4H,5-6H2,1-2H3,(H2,18,21);(H,6,7)/t11-,24+;/m0./s1. The van der Waals surface area contributed by atoms with Crippen LogP contribution < -0.4 is 5.73 Å². The van der Waals surface area contributed by atoms with Crippen LogP contribution in [0.15, 0.2) is 26.1 Å². The number of carboxylic acid groups (broad SMARTS) is 1. The summed E-state index contributed by atoms with van der Waals surface area (Å²) in [5.74, 6) is -4.28. The number of pyridine rings is 1. The van der Waals surface area contributed by atoms with Gasteiger partial charge in [-0.15, -0.1) is 0 Å². The number of guanidine groups is 1. The van der Waals surface area contributed by atoms with Crippen molar-refractivity contribution >= 4 is 37.8 Å². The lowest BCUT2D eigenvalue weighted by molar-refractivity contribution is -0.192. The van der Waals surface area contributed by atoms with Gasteiger partial charge in [0, 0.05) is 7.05 Å². The summed E-state index contributed by atoms with van der Waals surface area (Å²) in [6, 6.07) is 2.48. The number of alkyl halides is 6. The lowest BCUT2D eigenvalue weighted by atomic mass is 10.00. The Bertz CT molecular complexity index is 991. The average molecular weight is 546 g/mol. The fraction of sp³-hybridized carbons (Fsp3) is 0.500.